The summed E-state index contributed by atoms with van der Waals surface area (Å²) < 4.78 is 12.5. The highest BCUT2D eigenvalue weighted by Crippen LogP contribution is 2.36. The first-order valence-corrected chi connectivity index (χ1v) is 9.88. The van der Waals surface area contributed by atoms with Crippen LogP contribution >= 0.6 is 11.6 Å². The molecule has 7 heteroatoms. The van der Waals surface area contributed by atoms with Crippen LogP contribution in [0.1, 0.15) is 49.8 Å². The average Bonchev–Trinajstić information content (AvgIpc) is 2.79. The van der Waals surface area contributed by atoms with Gasteiger partial charge in [-0.15, -0.1) is 0 Å². The second kappa shape index (κ2) is 7.23. The van der Waals surface area contributed by atoms with Crippen molar-refractivity contribution in [3.05, 3.63) is 34.9 Å². The van der Waals surface area contributed by atoms with Crippen molar-refractivity contribution in [2.24, 2.45) is 0 Å². The summed E-state index contributed by atoms with van der Waals surface area (Å²) in [5.41, 5.74) is 0.756. The van der Waals surface area contributed by atoms with Crippen molar-refractivity contribution in [3.8, 4) is 0 Å². The number of hydrogen-bond donors (Lipinski definition) is 1. The lowest BCUT2D eigenvalue weighted by atomic mass is 9.96. The van der Waals surface area contributed by atoms with E-state index in [1.165, 1.54) is 6.42 Å². The smallest absolute Gasteiger partial charge is 0.325 e. The van der Waals surface area contributed by atoms with E-state index in [0.717, 1.165) is 36.1 Å². The fourth-order valence-electron chi connectivity index (χ4n) is 3.50. The summed E-state index contributed by atoms with van der Waals surface area (Å²) in [7, 11) is -1.77. The number of imide groups is 1. The molecule has 0 radical (unpaired) electrons. The van der Waals surface area contributed by atoms with Gasteiger partial charge in [0.25, 0.3) is 0 Å². The summed E-state index contributed by atoms with van der Waals surface area (Å²) in [5.74, 6) is 0. The van der Waals surface area contributed by atoms with E-state index in [9.17, 15) is 13.8 Å². The fourth-order valence-corrected chi connectivity index (χ4v) is 5.17. The molecule has 0 spiro atoms. The number of benzene rings is 1. The highest BCUT2D eigenvalue weighted by atomic mass is 35.5. The molecule has 1 heterocycles. The fraction of sp³-hybridized carbons (Fsp3) is 0.529. The molecule has 24 heavy (non-hydrogen) atoms. The molecule has 1 aliphatic heterocycles. The van der Waals surface area contributed by atoms with Crippen LogP contribution in [0.4, 0.5) is 9.59 Å². The Hall–Kier alpha value is -1.40. The first kappa shape index (κ1) is 17.4. The molecular formula is C17H21ClN2O3S. The molecule has 1 aliphatic carbocycles. The molecule has 1 aromatic rings. The summed E-state index contributed by atoms with van der Waals surface area (Å²) in [6, 6.07) is 6.15. The molecule has 2 aliphatic rings. The van der Waals surface area contributed by atoms with Crippen LogP contribution in [-0.2, 0) is 10.8 Å². The Kier molecular flexibility index (Phi) is 5.25. The van der Waals surface area contributed by atoms with Gasteiger partial charge in [0, 0.05) is 11.1 Å². The lowest BCUT2D eigenvalue weighted by molar-refractivity contribution is 0.184. The van der Waals surface area contributed by atoms with Crippen LogP contribution in [0.25, 0.3) is 0 Å². The summed E-state index contributed by atoms with van der Waals surface area (Å²) in [6.45, 7) is 1.77. The molecule has 3 atom stereocenters. The highest BCUT2D eigenvalue weighted by molar-refractivity contribution is 8.00. The van der Waals surface area contributed by atoms with Crippen LogP contribution < -0.4 is 5.32 Å². The Morgan fingerprint density at radius 3 is 2.46 bits per heavy atom. The van der Waals surface area contributed by atoms with E-state index in [1.807, 2.05) is 0 Å². The van der Waals surface area contributed by atoms with Crippen molar-refractivity contribution in [2.75, 3.05) is 0 Å². The molecule has 1 aromatic carbocycles. The van der Waals surface area contributed by atoms with Crippen LogP contribution in [-0.4, -0.2) is 32.5 Å². The first-order valence-electron chi connectivity index (χ1n) is 8.29. The molecule has 0 aromatic heterocycles. The third-order valence-corrected chi connectivity index (χ3v) is 6.72. The Bertz CT molecular complexity index is 658. The van der Waals surface area contributed by atoms with Gasteiger partial charge in [-0.1, -0.05) is 43.0 Å². The van der Waals surface area contributed by atoms with Gasteiger partial charge in [0.2, 0.25) is 0 Å². The number of nitrogens with zero attached hydrogens (tertiary/aromatic N) is 1. The summed E-state index contributed by atoms with van der Waals surface area (Å²) >= 11 is 5.89. The number of amides is 3. The topological polar surface area (TPSA) is 66.5 Å². The predicted molar refractivity (Wildman–Crippen MR) is 94.4 cm³/mol. The number of nitrogens with one attached hydrogen (secondary N) is 1. The number of carbonyl (C=O) groups excluding carboxylic acids is 2. The third kappa shape index (κ3) is 3.35. The number of hydrogen-bond acceptors (Lipinski definition) is 3. The normalized spacial score (nSPS) is 28.2. The average molecular weight is 369 g/mol. The molecule has 3 amide bonds. The second-order valence-electron chi connectivity index (χ2n) is 6.43. The van der Waals surface area contributed by atoms with Crippen molar-refractivity contribution in [3.63, 3.8) is 0 Å². The van der Waals surface area contributed by atoms with Gasteiger partial charge in [-0.25, -0.2) is 13.9 Å². The number of urea groups is 1. The van der Waals surface area contributed by atoms with Gasteiger partial charge >= 0.3 is 11.3 Å². The van der Waals surface area contributed by atoms with E-state index in [-0.39, 0.29) is 6.04 Å². The Morgan fingerprint density at radius 1 is 1.21 bits per heavy atom. The van der Waals surface area contributed by atoms with E-state index in [0.29, 0.717) is 5.02 Å². The molecule has 1 saturated carbocycles. The molecule has 2 fully saturated rings. The molecule has 5 nitrogen and oxygen atoms in total. The van der Waals surface area contributed by atoms with E-state index >= 15 is 0 Å². The minimum absolute atomic E-state index is 0.106. The maximum atomic E-state index is 12.5. The van der Waals surface area contributed by atoms with Crippen molar-refractivity contribution in [1.29, 1.82) is 0 Å². The van der Waals surface area contributed by atoms with Gasteiger partial charge in [-0.05, 0) is 37.5 Å². The lowest BCUT2D eigenvalue weighted by Crippen LogP contribution is -2.48. The van der Waals surface area contributed by atoms with Crippen LogP contribution in [0, 0.1) is 0 Å². The van der Waals surface area contributed by atoms with Crippen LogP contribution in [0.3, 0.4) is 0 Å². The number of rotatable bonds is 2. The van der Waals surface area contributed by atoms with Crippen molar-refractivity contribution in [1.82, 2.24) is 10.2 Å². The quantitative estimate of drug-likeness (QED) is 0.858. The van der Waals surface area contributed by atoms with Crippen molar-refractivity contribution in [2.45, 2.75) is 56.4 Å². The van der Waals surface area contributed by atoms with Gasteiger partial charge < -0.3 is 5.32 Å². The maximum absolute atomic E-state index is 12.5. The SMILES string of the molecule is C[C@H]1[C@H](c2ccc(Cl)cc2)S(=O)C(=O)N1C(=O)NC1CCCCC1. The zero-order valence-electron chi connectivity index (χ0n) is 13.5. The Labute approximate surface area is 149 Å². The van der Waals surface area contributed by atoms with Crippen LogP contribution in [0.5, 0.6) is 0 Å². The predicted octanol–water partition coefficient (Wildman–Crippen LogP) is 4.00. The summed E-state index contributed by atoms with van der Waals surface area (Å²) in [4.78, 5) is 26.1. The zero-order chi connectivity index (χ0) is 17.3. The zero-order valence-corrected chi connectivity index (χ0v) is 15.1. The Morgan fingerprint density at radius 2 is 1.83 bits per heavy atom. The minimum atomic E-state index is -1.77. The largest absolute Gasteiger partial charge is 0.335 e. The molecule has 130 valence electrons. The molecule has 1 unspecified atom stereocenters. The molecule has 1 N–H and O–H groups in total. The van der Waals surface area contributed by atoms with Gasteiger partial charge in [0.05, 0.1) is 11.3 Å². The number of halogens is 1. The van der Waals surface area contributed by atoms with E-state index in [1.54, 1.807) is 31.2 Å². The standard InChI is InChI=1S/C17H21ClN2O3S/c1-11-15(12-7-9-13(18)10-8-12)24(23)17(22)20(11)16(21)19-14-5-3-2-4-6-14/h7-11,14-15H,2-6H2,1H3,(H,19,21)/t11-,15+,24?/m0/s1. The molecule has 3 rings (SSSR count). The summed E-state index contributed by atoms with van der Waals surface area (Å²) in [5, 5.41) is 2.37. The van der Waals surface area contributed by atoms with Crippen LogP contribution in [0.2, 0.25) is 5.02 Å². The van der Waals surface area contributed by atoms with Gasteiger partial charge in [-0.2, -0.15) is 0 Å². The van der Waals surface area contributed by atoms with Crippen LogP contribution in [0.15, 0.2) is 24.3 Å². The third-order valence-electron chi connectivity index (χ3n) is 4.79. The van der Waals surface area contributed by atoms with Gasteiger partial charge in [0.15, 0.2) is 0 Å². The first-order chi connectivity index (χ1) is 11.5. The van der Waals surface area contributed by atoms with E-state index in [2.05, 4.69) is 5.32 Å². The molecular weight excluding hydrogens is 348 g/mol. The van der Waals surface area contributed by atoms with Crippen molar-refractivity contribution >= 4 is 33.7 Å². The maximum Gasteiger partial charge on any atom is 0.325 e. The van der Waals surface area contributed by atoms with E-state index in [4.69, 9.17) is 11.6 Å². The molecule has 0 bridgehead atoms. The van der Waals surface area contributed by atoms with Gasteiger partial charge in [-0.3, -0.25) is 4.79 Å². The van der Waals surface area contributed by atoms with E-state index < -0.39 is 33.4 Å². The lowest BCUT2D eigenvalue weighted by Gasteiger charge is -2.27. The Balaban J connectivity index is 1.76. The molecule has 1 saturated heterocycles. The second-order valence-corrected chi connectivity index (χ2v) is 8.32. The van der Waals surface area contributed by atoms with Crippen molar-refractivity contribution < 1.29 is 13.8 Å². The minimum Gasteiger partial charge on any atom is -0.335 e. The highest BCUT2D eigenvalue weighted by Gasteiger charge is 2.48. The monoisotopic (exact) mass is 368 g/mol. The van der Waals surface area contributed by atoms with Gasteiger partial charge in [0.1, 0.15) is 10.8 Å². The number of carbonyl (C=O) groups is 2. The summed E-state index contributed by atoms with van der Waals surface area (Å²) in [6.07, 6.45) is 5.24.